The minimum absolute atomic E-state index is 0.603. The molecule has 5 N–H and O–H groups in total. The van der Waals surface area contributed by atoms with Gasteiger partial charge >= 0.3 is 0 Å². The van der Waals surface area contributed by atoms with Crippen molar-refractivity contribution in [2.75, 3.05) is 42.7 Å². The van der Waals surface area contributed by atoms with E-state index < -0.39 is 0 Å². The summed E-state index contributed by atoms with van der Waals surface area (Å²) in [5, 5.41) is 6.84. The number of nitrogen functional groups attached to an aromatic ring is 2. The van der Waals surface area contributed by atoms with Gasteiger partial charge in [0.15, 0.2) is 0 Å². The highest BCUT2D eigenvalue weighted by Gasteiger charge is 2.14. The van der Waals surface area contributed by atoms with Crippen molar-refractivity contribution in [3.05, 3.63) is 24.4 Å². The van der Waals surface area contributed by atoms with Gasteiger partial charge in [-0.15, -0.1) is 0 Å². The van der Waals surface area contributed by atoms with Crippen LogP contribution < -0.4 is 16.4 Å². The number of benzene rings is 1. The molecule has 0 radical (unpaired) electrons. The molecule has 0 spiro atoms. The van der Waals surface area contributed by atoms with Crippen LogP contribution in [-0.4, -0.2) is 36.5 Å². The van der Waals surface area contributed by atoms with Gasteiger partial charge in [0.2, 0.25) is 0 Å². The Morgan fingerprint density at radius 1 is 1.16 bits per heavy atom. The Morgan fingerprint density at radius 2 is 1.95 bits per heavy atom. The fourth-order valence-corrected chi connectivity index (χ4v) is 2.29. The van der Waals surface area contributed by atoms with E-state index >= 15 is 0 Å². The van der Waals surface area contributed by atoms with Crippen molar-refractivity contribution in [2.24, 2.45) is 0 Å². The van der Waals surface area contributed by atoms with Gasteiger partial charge in [-0.05, 0) is 18.2 Å². The van der Waals surface area contributed by atoms with Crippen molar-refractivity contribution in [2.45, 2.75) is 0 Å². The quantitative estimate of drug-likeness (QED) is 0.702. The number of nitrogens with two attached hydrogens (primary N) is 2. The Balaban J connectivity index is 1.98. The predicted molar refractivity (Wildman–Crippen MR) is 75.9 cm³/mol. The van der Waals surface area contributed by atoms with Crippen LogP contribution >= 0.6 is 0 Å². The van der Waals surface area contributed by atoms with Crippen molar-refractivity contribution in [1.29, 1.82) is 0 Å². The second-order valence-corrected chi connectivity index (χ2v) is 4.57. The SMILES string of the molecule is Nc1ccc(N2CCOCC2)cc1-c1[nH]ncc1N. The molecule has 1 aromatic heterocycles. The molecule has 0 aliphatic carbocycles. The first-order valence-corrected chi connectivity index (χ1v) is 6.27. The lowest BCUT2D eigenvalue weighted by Crippen LogP contribution is -2.36. The van der Waals surface area contributed by atoms with Gasteiger partial charge in [0.05, 0.1) is 30.8 Å². The molecule has 1 aliphatic heterocycles. The van der Waals surface area contributed by atoms with E-state index in [1.165, 1.54) is 0 Å². The molecule has 0 atom stereocenters. The van der Waals surface area contributed by atoms with Gasteiger partial charge in [-0.2, -0.15) is 5.10 Å². The molecule has 2 heterocycles. The van der Waals surface area contributed by atoms with E-state index in [9.17, 15) is 0 Å². The summed E-state index contributed by atoms with van der Waals surface area (Å²) in [6, 6.07) is 5.97. The van der Waals surface area contributed by atoms with Crippen LogP contribution in [0, 0.1) is 0 Å². The normalized spacial score (nSPS) is 15.7. The first-order valence-electron chi connectivity index (χ1n) is 6.27. The van der Waals surface area contributed by atoms with Crippen molar-refractivity contribution < 1.29 is 4.74 Å². The van der Waals surface area contributed by atoms with Gasteiger partial charge < -0.3 is 21.1 Å². The number of H-pyrrole nitrogens is 1. The standard InChI is InChI=1S/C13H17N5O/c14-11-2-1-9(18-3-5-19-6-4-18)7-10(11)13-12(15)8-16-17-13/h1-2,7-8H,3-6,14-15H2,(H,16,17). The number of anilines is 3. The number of aromatic nitrogens is 2. The van der Waals surface area contributed by atoms with Crippen LogP contribution in [0.4, 0.5) is 17.1 Å². The fourth-order valence-electron chi connectivity index (χ4n) is 2.29. The molecule has 0 bridgehead atoms. The van der Waals surface area contributed by atoms with Crippen molar-refractivity contribution in [3.8, 4) is 11.3 Å². The second-order valence-electron chi connectivity index (χ2n) is 4.57. The van der Waals surface area contributed by atoms with Gasteiger partial charge in [-0.25, -0.2) is 0 Å². The van der Waals surface area contributed by atoms with Gasteiger partial charge in [0, 0.05) is 30.0 Å². The number of morpholine rings is 1. The molecular weight excluding hydrogens is 242 g/mol. The van der Waals surface area contributed by atoms with Crippen LogP contribution in [0.1, 0.15) is 0 Å². The van der Waals surface area contributed by atoms with Crippen molar-refractivity contribution >= 4 is 17.1 Å². The number of ether oxygens (including phenoxy) is 1. The van der Waals surface area contributed by atoms with Crippen molar-refractivity contribution in [1.82, 2.24) is 10.2 Å². The minimum Gasteiger partial charge on any atom is -0.398 e. The van der Waals surface area contributed by atoms with Gasteiger partial charge in [-0.1, -0.05) is 0 Å². The molecule has 1 aromatic carbocycles. The summed E-state index contributed by atoms with van der Waals surface area (Å²) in [4.78, 5) is 2.28. The van der Waals surface area contributed by atoms with Crippen LogP contribution in [0.5, 0.6) is 0 Å². The van der Waals surface area contributed by atoms with E-state index in [2.05, 4.69) is 15.1 Å². The highest BCUT2D eigenvalue weighted by atomic mass is 16.5. The molecule has 0 saturated carbocycles. The molecule has 6 heteroatoms. The maximum absolute atomic E-state index is 6.03. The maximum atomic E-state index is 6.03. The molecule has 1 saturated heterocycles. The van der Waals surface area contributed by atoms with Gasteiger partial charge in [0.1, 0.15) is 0 Å². The van der Waals surface area contributed by atoms with E-state index in [0.717, 1.165) is 43.2 Å². The number of nitrogens with zero attached hydrogens (tertiary/aromatic N) is 2. The highest BCUT2D eigenvalue weighted by molar-refractivity contribution is 5.83. The Labute approximate surface area is 111 Å². The molecule has 1 aliphatic rings. The molecule has 0 amide bonds. The van der Waals surface area contributed by atoms with E-state index in [1.54, 1.807) is 6.20 Å². The summed E-state index contributed by atoms with van der Waals surface area (Å²) in [5.41, 5.74) is 16.0. The van der Waals surface area contributed by atoms with E-state index in [4.69, 9.17) is 16.2 Å². The molecule has 3 rings (SSSR count). The predicted octanol–water partition coefficient (Wildman–Crippen LogP) is 1.08. The summed E-state index contributed by atoms with van der Waals surface area (Å²) >= 11 is 0. The van der Waals surface area contributed by atoms with Crippen LogP contribution in [0.3, 0.4) is 0 Å². The summed E-state index contributed by atoms with van der Waals surface area (Å²) in [6.07, 6.45) is 1.59. The molecule has 0 unspecified atom stereocenters. The Morgan fingerprint density at radius 3 is 2.63 bits per heavy atom. The van der Waals surface area contributed by atoms with Crippen LogP contribution in [0.2, 0.25) is 0 Å². The number of rotatable bonds is 2. The zero-order valence-corrected chi connectivity index (χ0v) is 10.6. The third-order valence-corrected chi connectivity index (χ3v) is 3.35. The number of hydrogen-bond acceptors (Lipinski definition) is 5. The highest BCUT2D eigenvalue weighted by Crippen LogP contribution is 2.32. The van der Waals surface area contributed by atoms with E-state index in [0.29, 0.717) is 11.4 Å². The fraction of sp³-hybridized carbons (Fsp3) is 0.308. The molecule has 100 valence electrons. The van der Waals surface area contributed by atoms with E-state index in [1.807, 2.05) is 18.2 Å². The second kappa shape index (κ2) is 4.81. The third-order valence-electron chi connectivity index (χ3n) is 3.35. The molecule has 2 aromatic rings. The zero-order chi connectivity index (χ0) is 13.2. The first-order chi connectivity index (χ1) is 9.25. The van der Waals surface area contributed by atoms with E-state index in [-0.39, 0.29) is 0 Å². The lowest BCUT2D eigenvalue weighted by atomic mass is 10.1. The molecule has 6 nitrogen and oxygen atoms in total. The number of nitrogens with one attached hydrogen (secondary N) is 1. The first kappa shape index (κ1) is 11.9. The van der Waals surface area contributed by atoms with Crippen LogP contribution in [0.25, 0.3) is 11.3 Å². The summed E-state index contributed by atoms with van der Waals surface area (Å²) in [6.45, 7) is 3.29. The molecular formula is C13H17N5O. The number of hydrogen-bond donors (Lipinski definition) is 3. The number of aromatic amines is 1. The van der Waals surface area contributed by atoms with Crippen molar-refractivity contribution in [3.63, 3.8) is 0 Å². The largest absolute Gasteiger partial charge is 0.398 e. The summed E-state index contributed by atoms with van der Waals surface area (Å²) in [5.74, 6) is 0. The zero-order valence-electron chi connectivity index (χ0n) is 10.6. The van der Waals surface area contributed by atoms with Crippen LogP contribution in [0.15, 0.2) is 24.4 Å². The Hall–Kier alpha value is -2.21. The third kappa shape index (κ3) is 2.22. The molecule has 1 fully saturated rings. The summed E-state index contributed by atoms with van der Waals surface area (Å²) < 4.78 is 5.36. The topological polar surface area (TPSA) is 93.2 Å². The van der Waals surface area contributed by atoms with Crippen LogP contribution in [-0.2, 0) is 4.74 Å². The summed E-state index contributed by atoms with van der Waals surface area (Å²) in [7, 11) is 0. The minimum atomic E-state index is 0.603. The lowest BCUT2D eigenvalue weighted by molar-refractivity contribution is 0.122. The van der Waals surface area contributed by atoms with Gasteiger partial charge in [0.25, 0.3) is 0 Å². The Kier molecular flexibility index (Phi) is 3.00. The monoisotopic (exact) mass is 259 g/mol. The smallest absolute Gasteiger partial charge is 0.0901 e. The average Bonchev–Trinajstić information content (AvgIpc) is 2.86. The maximum Gasteiger partial charge on any atom is 0.0901 e. The lowest BCUT2D eigenvalue weighted by Gasteiger charge is -2.29. The van der Waals surface area contributed by atoms with Gasteiger partial charge in [-0.3, -0.25) is 5.10 Å². The molecule has 19 heavy (non-hydrogen) atoms. The Bertz CT molecular complexity index is 574. The average molecular weight is 259 g/mol.